The van der Waals surface area contributed by atoms with Crippen LogP contribution >= 0.6 is 0 Å². The van der Waals surface area contributed by atoms with E-state index in [9.17, 15) is 4.21 Å². The summed E-state index contributed by atoms with van der Waals surface area (Å²) in [5.74, 6) is 0. The molecule has 0 amide bonds. The fraction of sp³-hybridized carbons (Fsp3) is 1.00. The summed E-state index contributed by atoms with van der Waals surface area (Å²) in [6.45, 7) is 1.41. The summed E-state index contributed by atoms with van der Waals surface area (Å²) in [6.07, 6.45) is 3.13. The van der Waals surface area contributed by atoms with Gasteiger partial charge in [-0.05, 0) is 25.7 Å². The van der Waals surface area contributed by atoms with E-state index >= 15 is 0 Å². The monoisotopic (exact) mass is 236 g/mol. The van der Waals surface area contributed by atoms with E-state index in [0.717, 1.165) is 25.7 Å². The first kappa shape index (κ1) is 11.5. The Morgan fingerprint density at radius 1 is 1.20 bits per heavy atom. The van der Waals surface area contributed by atoms with Crippen LogP contribution in [0.25, 0.3) is 0 Å². The molecule has 15 heavy (non-hydrogen) atoms. The van der Waals surface area contributed by atoms with Crippen LogP contribution in [0.5, 0.6) is 0 Å². The standard InChI is InChI=1S/C9H16O5S/c10-15(11)14-9(7-3-1-5-12-7)8-4-2-6-13-8/h7-9H,1-6H2,(H,10,11). The number of rotatable bonds is 4. The van der Waals surface area contributed by atoms with E-state index < -0.39 is 17.5 Å². The van der Waals surface area contributed by atoms with E-state index in [1.54, 1.807) is 0 Å². The molecule has 6 heteroatoms. The summed E-state index contributed by atoms with van der Waals surface area (Å²) in [7, 11) is 0. The number of ether oxygens (including phenoxy) is 2. The first-order valence-electron chi connectivity index (χ1n) is 5.28. The van der Waals surface area contributed by atoms with Gasteiger partial charge in [0.25, 0.3) is 0 Å². The highest BCUT2D eigenvalue weighted by molar-refractivity contribution is 7.74. The SMILES string of the molecule is O=S(O)OC(C1CCCO1)C1CCCO1. The fourth-order valence-corrected chi connectivity index (χ4v) is 2.62. The molecule has 88 valence electrons. The Kier molecular flexibility index (Phi) is 4.10. The molecule has 1 N–H and O–H groups in total. The first-order valence-corrected chi connectivity index (χ1v) is 6.32. The zero-order valence-electron chi connectivity index (χ0n) is 8.46. The molecule has 2 rings (SSSR count). The van der Waals surface area contributed by atoms with E-state index in [2.05, 4.69) is 0 Å². The third-order valence-electron chi connectivity index (χ3n) is 2.86. The number of hydrogen-bond donors (Lipinski definition) is 1. The molecule has 0 saturated carbocycles. The molecule has 2 saturated heterocycles. The molecule has 0 radical (unpaired) electrons. The Bertz CT molecular complexity index is 207. The lowest BCUT2D eigenvalue weighted by Gasteiger charge is -2.25. The predicted molar refractivity (Wildman–Crippen MR) is 53.6 cm³/mol. The summed E-state index contributed by atoms with van der Waals surface area (Å²) in [5.41, 5.74) is 0. The largest absolute Gasteiger partial charge is 0.375 e. The summed E-state index contributed by atoms with van der Waals surface area (Å²) in [6, 6.07) is 0. The summed E-state index contributed by atoms with van der Waals surface area (Å²) in [5, 5.41) is 0. The molecule has 0 aliphatic carbocycles. The highest BCUT2D eigenvalue weighted by Gasteiger charge is 2.37. The molecule has 2 fully saturated rings. The van der Waals surface area contributed by atoms with Crippen LogP contribution in [0.1, 0.15) is 25.7 Å². The smallest absolute Gasteiger partial charge is 0.302 e. The third kappa shape index (κ3) is 2.98. The van der Waals surface area contributed by atoms with Gasteiger partial charge < -0.3 is 9.47 Å². The van der Waals surface area contributed by atoms with Crippen molar-refractivity contribution in [3.8, 4) is 0 Å². The van der Waals surface area contributed by atoms with Crippen LogP contribution in [0.3, 0.4) is 0 Å². The maximum absolute atomic E-state index is 10.7. The Morgan fingerprint density at radius 3 is 2.07 bits per heavy atom. The molecule has 0 bridgehead atoms. The molecule has 2 aliphatic heterocycles. The Morgan fingerprint density at radius 2 is 1.73 bits per heavy atom. The van der Waals surface area contributed by atoms with Crippen LogP contribution in [0.4, 0.5) is 0 Å². The molecule has 0 aromatic carbocycles. The zero-order chi connectivity index (χ0) is 10.7. The average Bonchev–Trinajstić information content (AvgIpc) is 2.87. The molecule has 2 aliphatic rings. The van der Waals surface area contributed by atoms with Crippen molar-refractivity contribution in [1.82, 2.24) is 0 Å². The van der Waals surface area contributed by atoms with Crippen molar-refractivity contribution in [2.45, 2.75) is 44.0 Å². The second-order valence-corrected chi connectivity index (χ2v) is 4.51. The van der Waals surface area contributed by atoms with Crippen molar-refractivity contribution in [2.75, 3.05) is 13.2 Å². The Labute approximate surface area is 91.6 Å². The summed E-state index contributed by atoms with van der Waals surface area (Å²) < 4.78 is 35.4. The van der Waals surface area contributed by atoms with E-state index in [1.807, 2.05) is 0 Å². The minimum Gasteiger partial charge on any atom is -0.375 e. The fourth-order valence-electron chi connectivity index (χ4n) is 2.18. The van der Waals surface area contributed by atoms with Crippen LogP contribution in [-0.2, 0) is 25.0 Å². The van der Waals surface area contributed by atoms with Gasteiger partial charge in [0, 0.05) is 13.2 Å². The molecule has 3 atom stereocenters. The Balaban J connectivity index is 1.97. The third-order valence-corrected chi connectivity index (χ3v) is 3.24. The van der Waals surface area contributed by atoms with E-state index in [-0.39, 0.29) is 12.2 Å². The van der Waals surface area contributed by atoms with Crippen LogP contribution in [0, 0.1) is 0 Å². The molecular formula is C9H16O5S. The van der Waals surface area contributed by atoms with Gasteiger partial charge in [0.2, 0.25) is 0 Å². The highest BCUT2D eigenvalue weighted by atomic mass is 32.2. The van der Waals surface area contributed by atoms with Crippen LogP contribution in [0.2, 0.25) is 0 Å². The molecule has 0 aromatic heterocycles. The summed E-state index contributed by atoms with van der Waals surface area (Å²) >= 11 is -2.25. The molecular weight excluding hydrogens is 220 g/mol. The van der Waals surface area contributed by atoms with Gasteiger partial charge in [0.1, 0.15) is 6.10 Å². The topological polar surface area (TPSA) is 65.0 Å². The lowest BCUT2D eigenvalue weighted by molar-refractivity contribution is -0.0601. The maximum atomic E-state index is 10.7. The van der Waals surface area contributed by atoms with Crippen LogP contribution in [-0.4, -0.2) is 40.3 Å². The van der Waals surface area contributed by atoms with Crippen molar-refractivity contribution < 1.29 is 22.4 Å². The molecule has 3 unspecified atom stereocenters. The highest BCUT2D eigenvalue weighted by Crippen LogP contribution is 2.27. The molecule has 0 spiro atoms. The van der Waals surface area contributed by atoms with E-state index in [4.69, 9.17) is 18.2 Å². The first-order chi connectivity index (χ1) is 7.27. The predicted octanol–water partition coefficient (Wildman–Crippen LogP) is 0.866. The maximum Gasteiger partial charge on any atom is 0.302 e. The van der Waals surface area contributed by atoms with Crippen molar-refractivity contribution >= 4 is 11.4 Å². The minimum absolute atomic E-state index is 0.0933. The quantitative estimate of drug-likeness (QED) is 0.734. The van der Waals surface area contributed by atoms with Gasteiger partial charge in [-0.1, -0.05) is 0 Å². The molecule has 0 aromatic rings. The van der Waals surface area contributed by atoms with Crippen molar-refractivity contribution in [3.63, 3.8) is 0 Å². The molecule has 2 heterocycles. The average molecular weight is 236 g/mol. The van der Waals surface area contributed by atoms with Gasteiger partial charge in [0.15, 0.2) is 0 Å². The van der Waals surface area contributed by atoms with E-state index in [1.165, 1.54) is 0 Å². The Hall–Kier alpha value is -0.0100. The minimum atomic E-state index is -2.25. The summed E-state index contributed by atoms with van der Waals surface area (Å²) in [4.78, 5) is 0. The number of hydrogen-bond acceptors (Lipinski definition) is 4. The van der Waals surface area contributed by atoms with Gasteiger partial charge in [-0.3, -0.25) is 8.74 Å². The van der Waals surface area contributed by atoms with Crippen LogP contribution in [0.15, 0.2) is 0 Å². The normalized spacial score (nSPS) is 35.5. The second-order valence-electron chi connectivity index (χ2n) is 3.88. The second kappa shape index (κ2) is 5.36. The van der Waals surface area contributed by atoms with Gasteiger partial charge in [-0.2, -0.15) is 4.21 Å². The van der Waals surface area contributed by atoms with Crippen molar-refractivity contribution in [3.05, 3.63) is 0 Å². The van der Waals surface area contributed by atoms with Crippen molar-refractivity contribution in [2.24, 2.45) is 0 Å². The lowest BCUT2D eigenvalue weighted by atomic mass is 10.0. The molecule has 5 nitrogen and oxygen atoms in total. The zero-order valence-corrected chi connectivity index (χ0v) is 9.28. The van der Waals surface area contributed by atoms with Crippen LogP contribution < -0.4 is 0 Å². The van der Waals surface area contributed by atoms with E-state index in [0.29, 0.717) is 13.2 Å². The lowest BCUT2D eigenvalue weighted by Crippen LogP contribution is -2.39. The van der Waals surface area contributed by atoms with Gasteiger partial charge in [-0.25, -0.2) is 0 Å². The van der Waals surface area contributed by atoms with Gasteiger partial charge >= 0.3 is 11.4 Å². The van der Waals surface area contributed by atoms with Crippen molar-refractivity contribution in [1.29, 1.82) is 0 Å². The van der Waals surface area contributed by atoms with Gasteiger partial charge in [-0.15, -0.1) is 0 Å². The van der Waals surface area contributed by atoms with Gasteiger partial charge in [0.05, 0.1) is 12.2 Å².